The molecule has 4 aliphatic rings. The van der Waals surface area contributed by atoms with Crippen molar-refractivity contribution in [1.82, 2.24) is 0 Å². The van der Waals surface area contributed by atoms with E-state index in [9.17, 15) is 9.59 Å². The van der Waals surface area contributed by atoms with Gasteiger partial charge >= 0.3 is 0 Å². The van der Waals surface area contributed by atoms with E-state index in [4.69, 9.17) is 0 Å². The maximum absolute atomic E-state index is 13.2. The number of nitrogens with one attached hydrogen (secondary N) is 2. The van der Waals surface area contributed by atoms with Crippen LogP contribution in [0.1, 0.15) is 48.2 Å². The normalized spacial score (nSPS) is 32.9. The number of benzene rings is 1. The molecule has 0 spiro atoms. The van der Waals surface area contributed by atoms with Crippen molar-refractivity contribution in [3.05, 3.63) is 46.7 Å². The molecule has 4 nitrogen and oxygen atoms in total. The maximum Gasteiger partial charge on any atom is 0.265 e. The van der Waals surface area contributed by atoms with Gasteiger partial charge in [0.2, 0.25) is 5.91 Å². The maximum atomic E-state index is 13.2. The van der Waals surface area contributed by atoms with Gasteiger partial charge in [-0.25, -0.2) is 0 Å². The summed E-state index contributed by atoms with van der Waals surface area (Å²) in [4.78, 5) is 26.1. The summed E-state index contributed by atoms with van der Waals surface area (Å²) in [5.74, 6) is 1.42. The predicted molar refractivity (Wildman–Crippen MR) is 116 cm³/mol. The minimum atomic E-state index is -0.223. The molecule has 4 saturated carbocycles. The monoisotopic (exact) mass is 458 g/mol. The largest absolute Gasteiger partial charge is 0.326 e. The van der Waals surface area contributed by atoms with E-state index in [0.29, 0.717) is 16.7 Å². The zero-order chi connectivity index (χ0) is 19.4. The zero-order valence-corrected chi connectivity index (χ0v) is 17.9. The molecule has 0 saturated heterocycles. The quantitative estimate of drug-likeness (QED) is 0.579. The lowest BCUT2D eigenvalue weighted by Gasteiger charge is -2.59. The average molecular weight is 459 g/mol. The Balaban J connectivity index is 1.26. The molecule has 6 rings (SSSR count). The molecule has 1 aromatic carbocycles. The number of thiophene rings is 1. The van der Waals surface area contributed by atoms with Crippen LogP contribution in [0, 0.1) is 17.3 Å². The van der Waals surface area contributed by atoms with E-state index in [1.165, 1.54) is 30.6 Å². The first-order valence-electron chi connectivity index (χ1n) is 9.88. The van der Waals surface area contributed by atoms with Gasteiger partial charge in [0.1, 0.15) is 0 Å². The summed E-state index contributed by atoms with van der Waals surface area (Å²) in [5, 5.41) is 7.93. The number of halogens is 1. The minimum Gasteiger partial charge on any atom is -0.326 e. The second-order valence-corrected chi connectivity index (χ2v) is 11.5. The lowest BCUT2D eigenvalue weighted by Crippen LogP contribution is -2.57. The van der Waals surface area contributed by atoms with Gasteiger partial charge in [0, 0.05) is 15.7 Å². The number of rotatable bonds is 4. The zero-order valence-electron chi connectivity index (χ0n) is 15.5. The summed E-state index contributed by atoms with van der Waals surface area (Å²) in [6.07, 6.45) is 6.73. The second kappa shape index (κ2) is 6.70. The smallest absolute Gasteiger partial charge is 0.265 e. The van der Waals surface area contributed by atoms with Gasteiger partial charge in [0.05, 0.1) is 10.3 Å². The van der Waals surface area contributed by atoms with Crippen molar-refractivity contribution < 1.29 is 9.59 Å². The van der Waals surface area contributed by atoms with Gasteiger partial charge in [-0.2, -0.15) is 0 Å². The Morgan fingerprint density at radius 1 is 0.964 bits per heavy atom. The molecular formula is C22H23BrN2O2S. The van der Waals surface area contributed by atoms with E-state index in [1.807, 2.05) is 35.7 Å². The van der Waals surface area contributed by atoms with Crippen LogP contribution in [0.5, 0.6) is 0 Å². The molecule has 146 valence electrons. The van der Waals surface area contributed by atoms with E-state index in [0.717, 1.165) is 30.6 Å². The number of hydrogen-bond acceptors (Lipinski definition) is 3. The highest BCUT2D eigenvalue weighted by Gasteiger charge is 2.59. The average Bonchev–Trinajstić information content (AvgIpc) is 3.16. The van der Waals surface area contributed by atoms with Gasteiger partial charge in [-0.05, 0) is 86.1 Å². The third-order valence-corrected chi connectivity index (χ3v) is 8.41. The first kappa shape index (κ1) is 18.4. The van der Waals surface area contributed by atoms with E-state index in [1.54, 1.807) is 6.07 Å². The Labute approximate surface area is 177 Å². The fraction of sp³-hybridized carbons (Fsp3) is 0.455. The lowest BCUT2D eigenvalue weighted by atomic mass is 9.49. The molecule has 2 unspecified atom stereocenters. The second-order valence-electron chi connectivity index (χ2n) is 8.86. The van der Waals surface area contributed by atoms with Crippen LogP contribution in [0.15, 0.2) is 41.8 Å². The van der Waals surface area contributed by atoms with Gasteiger partial charge in [0.15, 0.2) is 0 Å². The molecule has 2 amide bonds. The third-order valence-electron chi connectivity index (χ3n) is 6.62. The first-order valence-corrected chi connectivity index (χ1v) is 11.6. The van der Waals surface area contributed by atoms with E-state index in [2.05, 4.69) is 26.6 Å². The molecule has 2 atom stereocenters. The molecule has 2 N–H and O–H groups in total. The van der Waals surface area contributed by atoms with Crippen molar-refractivity contribution in [2.24, 2.45) is 17.3 Å². The van der Waals surface area contributed by atoms with Crippen molar-refractivity contribution in [3.63, 3.8) is 0 Å². The molecule has 2 aromatic rings. The molecule has 4 bridgehead atoms. The fourth-order valence-electron chi connectivity index (χ4n) is 5.92. The summed E-state index contributed by atoms with van der Waals surface area (Å²) in [7, 11) is 0. The van der Waals surface area contributed by atoms with Crippen LogP contribution in [0.25, 0.3) is 0 Å². The molecule has 0 aliphatic heterocycles. The molecule has 28 heavy (non-hydrogen) atoms. The van der Waals surface area contributed by atoms with Crippen LogP contribution < -0.4 is 10.6 Å². The standard InChI is InChI=1S/C22H23BrN2O2S/c23-22-11-14-8-15(12-22)10-21(9-14,13-22)20(27)25-17-5-3-16(4-6-17)24-19(26)18-2-1-7-28-18/h1-7,14-15H,8-13H2,(H,24,26)(H,25,27). The molecular weight excluding hydrogens is 436 g/mol. The molecule has 1 heterocycles. The molecule has 0 radical (unpaired) electrons. The number of carbonyl (C=O) groups is 2. The summed E-state index contributed by atoms with van der Waals surface area (Å²) >= 11 is 5.39. The number of amides is 2. The molecule has 1 aromatic heterocycles. The Kier molecular flexibility index (Phi) is 4.40. The molecule has 6 heteroatoms. The van der Waals surface area contributed by atoms with Gasteiger partial charge in [0.25, 0.3) is 5.91 Å². The fourth-order valence-corrected chi connectivity index (χ4v) is 7.99. The SMILES string of the molecule is O=C(Nc1ccc(NC(=O)C23CC4CC(CC(Br)(C4)C2)C3)cc1)c1cccs1. The summed E-state index contributed by atoms with van der Waals surface area (Å²) in [5.41, 5.74) is 1.30. The number of carbonyl (C=O) groups excluding carboxylic acids is 2. The van der Waals surface area contributed by atoms with Crippen LogP contribution in [-0.4, -0.2) is 16.1 Å². The van der Waals surface area contributed by atoms with Crippen molar-refractivity contribution in [2.75, 3.05) is 10.6 Å². The molecule has 4 fully saturated rings. The summed E-state index contributed by atoms with van der Waals surface area (Å²) < 4.78 is 0.171. The number of hydrogen-bond donors (Lipinski definition) is 2. The highest BCUT2D eigenvalue weighted by molar-refractivity contribution is 9.10. The third kappa shape index (κ3) is 3.30. The van der Waals surface area contributed by atoms with Gasteiger partial charge in [-0.15, -0.1) is 11.3 Å². The number of anilines is 2. The van der Waals surface area contributed by atoms with Crippen LogP contribution in [0.4, 0.5) is 11.4 Å². The topological polar surface area (TPSA) is 58.2 Å². The van der Waals surface area contributed by atoms with Crippen molar-refractivity contribution in [1.29, 1.82) is 0 Å². The first-order chi connectivity index (χ1) is 13.4. The van der Waals surface area contributed by atoms with E-state index >= 15 is 0 Å². The number of alkyl halides is 1. The van der Waals surface area contributed by atoms with Gasteiger partial charge < -0.3 is 10.6 Å². The van der Waals surface area contributed by atoms with E-state index in [-0.39, 0.29) is 21.6 Å². The Morgan fingerprint density at radius 2 is 1.61 bits per heavy atom. The van der Waals surface area contributed by atoms with Crippen LogP contribution >= 0.6 is 27.3 Å². The summed E-state index contributed by atoms with van der Waals surface area (Å²) in [6.45, 7) is 0. The minimum absolute atomic E-state index is 0.108. The predicted octanol–water partition coefficient (Wildman–Crippen LogP) is 5.67. The molecule has 4 aliphatic carbocycles. The highest BCUT2D eigenvalue weighted by Crippen LogP contribution is 2.64. The van der Waals surface area contributed by atoms with Crippen LogP contribution in [0.3, 0.4) is 0 Å². The Morgan fingerprint density at radius 3 is 2.18 bits per heavy atom. The van der Waals surface area contributed by atoms with Gasteiger partial charge in [-0.3, -0.25) is 9.59 Å². The lowest BCUT2D eigenvalue weighted by molar-refractivity contribution is -0.138. The Hall–Kier alpha value is -1.66. The highest BCUT2D eigenvalue weighted by atomic mass is 79.9. The van der Waals surface area contributed by atoms with Crippen molar-refractivity contribution >= 4 is 50.5 Å². The summed E-state index contributed by atoms with van der Waals surface area (Å²) in [6, 6.07) is 11.1. The van der Waals surface area contributed by atoms with Gasteiger partial charge in [-0.1, -0.05) is 22.0 Å². The van der Waals surface area contributed by atoms with Crippen LogP contribution in [-0.2, 0) is 4.79 Å². The Bertz CT molecular complexity index is 895. The van der Waals surface area contributed by atoms with Crippen molar-refractivity contribution in [2.45, 2.75) is 42.8 Å². The van der Waals surface area contributed by atoms with E-state index < -0.39 is 0 Å². The van der Waals surface area contributed by atoms with Crippen LogP contribution in [0.2, 0.25) is 0 Å². The van der Waals surface area contributed by atoms with Crippen molar-refractivity contribution in [3.8, 4) is 0 Å².